The topological polar surface area (TPSA) is 40.5 Å². The van der Waals surface area contributed by atoms with Gasteiger partial charge in [0.2, 0.25) is 0 Å². The number of nitrogens with zero attached hydrogens (tertiary/aromatic N) is 1. The van der Waals surface area contributed by atoms with Crippen LogP contribution in [-0.4, -0.2) is 29.1 Å². The lowest BCUT2D eigenvalue weighted by molar-refractivity contribution is 0.0708. The maximum absolute atomic E-state index is 13.0. The van der Waals surface area contributed by atoms with Crippen LogP contribution in [-0.2, 0) is 13.0 Å². The Hall–Kier alpha value is -2.91. The SMILES string of the molecule is O=C(c1ccc2c(c1)Cc1ccccc1-2)N(CCO)Cc1ccccc1. The van der Waals surface area contributed by atoms with Gasteiger partial charge in [0.1, 0.15) is 0 Å². The lowest BCUT2D eigenvalue weighted by Gasteiger charge is -2.22. The molecule has 0 aromatic heterocycles. The first-order chi connectivity index (χ1) is 12.8. The third-order valence-corrected chi connectivity index (χ3v) is 4.91. The monoisotopic (exact) mass is 343 g/mol. The molecular formula is C23H21NO2. The second-order valence-corrected chi connectivity index (χ2v) is 6.64. The van der Waals surface area contributed by atoms with Crippen LogP contribution < -0.4 is 0 Å². The van der Waals surface area contributed by atoms with Crippen LogP contribution in [0.2, 0.25) is 0 Å². The molecule has 0 saturated carbocycles. The number of carbonyl (C=O) groups excluding carboxylic acids is 1. The van der Waals surface area contributed by atoms with Crippen molar-refractivity contribution < 1.29 is 9.90 Å². The van der Waals surface area contributed by atoms with E-state index in [9.17, 15) is 9.90 Å². The number of rotatable bonds is 5. The lowest BCUT2D eigenvalue weighted by atomic mass is 10.0. The van der Waals surface area contributed by atoms with Crippen LogP contribution in [0, 0.1) is 0 Å². The van der Waals surface area contributed by atoms with Gasteiger partial charge in [0.15, 0.2) is 0 Å². The van der Waals surface area contributed by atoms with Crippen molar-refractivity contribution in [2.45, 2.75) is 13.0 Å². The molecule has 3 aromatic carbocycles. The number of amides is 1. The first-order valence-electron chi connectivity index (χ1n) is 8.91. The molecule has 1 N–H and O–H groups in total. The van der Waals surface area contributed by atoms with Crippen molar-refractivity contribution in [1.29, 1.82) is 0 Å². The Morgan fingerprint density at radius 2 is 1.62 bits per heavy atom. The van der Waals surface area contributed by atoms with E-state index in [4.69, 9.17) is 0 Å². The third-order valence-electron chi connectivity index (χ3n) is 4.91. The largest absolute Gasteiger partial charge is 0.395 e. The highest BCUT2D eigenvalue weighted by molar-refractivity contribution is 5.95. The molecule has 3 aromatic rings. The molecule has 0 aliphatic heterocycles. The van der Waals surface area contributed by atoms with Gasteiger partial charge >= 0.3 is 0 Å². The van der Waals surface area contributed by atoms with Crippen LogP contribution in [0.15, 0.2) is 72.8 Å². The Balaban J connectivity index is 1.60. The number of benzene rings is 3. The summed E-state index contributed by atoms with van der Waals surface area (Å²) < 4.78 is 0. The van der Waals surface area contributed by atoms with E-state index in [-0.39, 0.29) is 12.5 Å². The maximum atomic E-state index is 13.0. The van der Waals surface area contributed by atoms with Crippen molar-refractivity contribution in [3.63, 3.8) is 0 Å². The van der Waals surface area contributed by atoms with Crippen LogP contribution in [0.4, 0.5) is 0 Å². The molecule has 1 aliphatic rings. The molecule has 26 heavy (non-hydrogen) atoms. The average molecular weight is 343 g/mol. The van der Waals surface area contributed by atoms with E-state index in [2.05, 4.69) is 24.3 Å². The molecule has 1 aliphatic carbocycles. The number of fused-ring (bicyclic) bond motifs is 3. The predicted octanol–water partition coefficient (Wildman–Crippen LogP) is 3.89. The van der Waals surface area contributed by atoms with Crippen LogP contribution in [0.1, 0.15) is 27.0 Å². The van der Waals surface area contributed by atoms with Crippen LogP contribution in [0.5, 0.6) is 0 Å². The van der Waals surface area contributed by atoms with Crippen molar-refractivity contribution >= 4 is 5.91 Å². The van der Waals surface area contributed by atoms with Crippen molar-refractivity contribution in [2.24, 2.45) is 0 Å². The highest BCUT2D eigenvalue weighted by atomic mass is 16.3. The van der Waals surface area contributed by atoms with Crippen molar-refractivity contribution in [1.82, 2.24) is 4.90 Å². The summed E-state index contributed by atoms with van der Waals surface area (Å²) in [7, 11) is 0. The number of hydrogen-bond acceptors (Lipinski definition) is 2. The van der Waals surface area contributed by atoms with Gasteiger partial charge in [-0.2, -0.15) is 0 Å². The summed E-state index contributed by atoms with van der Waals surface area (Å²) in [4.78, 5) is 14.7. The van der Waals surface area contributed by atoms with Gasteiger partial charge < -0.3 is 10.0 Å². The van der Waals surface area contributed by atoms with Gasteiger partial charge in [-0.25, -0.2) is 0 Å². The second-order valence-electron chi connectivity index (χ2n) is 6.64. The molecule has 0 fully saturated rings. The van der Waals surface area contributed by atoms with E-state index < -0.39 is 0 Å². The molecule has 0 saturated heterocycles. The van der Waals surface area contributed by atoms with Crippen LogP contribution in [0.25, 0.3) is 11.1 Å². The summed E-state index contributed by atoms with van der Waals surface area (Å²) >= 11 is 0. The second kappa shape index (κ2) is 7.14. The molecule has 3 nitrogen and oxygen atoms in total. The number of carbonyl (C=O) groups is 1. The first-order valence-corrected chi connectivity index (χ1v) is 8.91. The summed E-state index contributed by atoms with van der Waals surface area (Å²) in [5.41, 5.74) is 6.72. The normalized spacial score (nSPS) is 11.7. The zero-order valence-corrected chi connectivity index (χ0v) is 14.6. The smallest absolute Gasteiger partial charge is 0.254 e. The van der Waals surface area contributed by atoms with Gasteiger partial charge in [-0.1, -0.05) is 60.7 Å². The summed E-state index contributed by atoms with van der Waals surface area (Å²) in [6.07, 6.45) is 0.866. The molecule has 0 radical (unpaired) electrons. The highest BCUT2D eigenvalue weighted by Gasteiger charge is 2.21. The van der Waals surface area contributed by atoms with E-state index in [0.29, 0.717) is 18.7 Å². The Kier molecular flexibility index (Phi) is 4.55. The molecule has 1 amide bonds. The van der Waals surface area contributed by atoms with E-state index in [1.165, 1.54) is 22.3 Å². The molecule has 130 valence electrons. The van der Waals surface area contributed by atoms with Crippen molar-refractivity contribution in [3.8, 4) is 11.1 Å². The van der Waals surface area contributed by atoms with Gasteiger partial charge in [0.25, 0.3) is 5.91 Å². The van der Waals surface area contributed by atoms with E-state index in [1.54, 1.807) is 4.90 Å². The number of hydrogen-bond donors (Lipinski definition) is 1. The highest BCUT2D eigenvalue weighted by Crippen LogP contribution is 2.36. The van der Waals surface area contributed by atoms with Crippen LogP contribution in [0.3, 0.4) is 0 Å². The predicted molar refractivity (Wildman–Crippen MR) is 103 cm³/mol. The van der Waals surface area contributed by atoms with E-state index in [0.717, 1.165) is 12.0 Å². The van der Waals surface area contributed by atoms with E-state index in [1.807, 2.05) is 48.5 Å². The zero-order valence-electron chi connectivity index (χ0n) is 14.6. The molecule has 4 rings (SSSR count). The zero-order chi connectivity index (χ0) is 17.9. The van der Waals surface area contributed by atoms with Gasteiger partial charge in [-0.3, -0.25) is 4.79 Å². The Morgan fingerprint density at radius 3 is 2.42 bits per heavy atom. The minimum Gasteiger partial charge on any atom is -0.395 e. The quantitative estimate of drug-likeness (QED) is 0.597. The fourth-order valence-corrected chi connectivity index (χ4v) is 3.64. The summed E-state index contributed by atoms with van der Waals surface area (Å²) in [6, 6.07) is 24.2. The maximum Gasteiger partial charge on any atom is 0.254 e. The van der Waals surface area contributed by atoms with Crippen molar-refractivity contribution in [2.75, 3.05) is 13.2 Å². The van der Waals surface area contributed by atoms with Gasteiger partial charge in [0, 0.05) is 18.7 Å². The van der Waals surface area contributed by atoms with Crippen LogP contribution >= 0.6 is 0 Å². The Bertz CT molecular complexity index is 934. The summed E-state index contributed by atoms with van der Waals surface area (Å²) in [5.74, 6) is -0.0401. The minimum absolute atomic E-state index is 0.0401. The minimum atomic E-state index is -0.0467. The van der Waals surface area contributed by atoms with Gasteiger partial charge in [-0.05, 0) is 46.4 Å². The average Bonchev–Trinajstić information content (AvgIpc) is 3.05. The van der Waals surface area contributed by atoms with Gasteiger partial charge in [0.05, 0.1) is 6.61 Å². The first kappa shape index (κ1) is 16.6. The van der Waals surface area contributed by atoms with E-state index >= 15 is 0 Å². The number of aliphatic hydroxyl groups excluding tert-OH is 1. The lowest BCUT2D eigenvalue weighted by Crippen LogP contribution is -2.33. The standard InChI is InChI=1S/C23H21NO2/c25-13-12-24(16-17-6-2-1-3-7-17)23(26)19-10-11-22-20(15-19)14-18-8-4-5-9-21(18)22/h1-11,15,25H,12-14,16H2. The summed E-state index contributed by atoms with van der Waals surface area (Å²) in [6.45, 7) is 0.775. The Labute approximate surface area is 153 Å². The van der Waals surface area contributed by atoms with Gasteiger partial charge in [-0.15, -0.1) is 0 Å². The molecule has 0 heterocycles. The Morgan fingerprint density at radius 1 is 0.885 bits per heavy atom. The molecule has 3 heteroatoms. The molecule has 0 spiro atoms. The molecule has 0 atom stereocenters. The van der Waals surface area contributed by atoms with Crippen molar-refractivity contribution in [3.05, 3.63) is 95.1 Å². The fourth-order valence-electron chi connectivity index (χ4n) is 3.64. The molecule has 0 bridgehead atoms. The third kappa shape index (κ3) is 3.14. The number of aliphatic hydroxyl groups is 1. The summed E-state index contributed by atoms with van der Waals surface area (Å²) in [5, 5.41) is 9.39. The molecule has 0 unspecified atom stereocenters. The molecular weight excluding hydrogens is 322 g/mol. The fraction of sp³-hybridized carbons (Fsp3) is 0.174.